The maximum Gasteiger partial charge on any atom is 0.128 e. The zero-order valence-corrected chi connectivity index (χ0v) is 6.33. The van der Waals surface area contributed by atoms with Gasteiger partial charge in [-0.25, -0.2) is 4.98 Å². The van der Waals surface area contributed by atoms with Gasteiger partial charge >= 0.3 is 0 Å². The molecule has 1 radical (unpaired) electrons. The van der Waals surface area contributed by atoms with Crippen LogP contribution in [0.1, 0.15) is 5.69 Å². The first kappa shape index (κ1) is 7.06. The predicted molar refractivity (Wildman–Crippen MR) is 43.0 cm³/mol. The lowest BCUT2D eigenvalue weighted by atomic mass is 10.4. The number of pyridine rings is 1. The average Bonchev–Trinajstić information content (AvgIpc) is 1.88. The molecule has 1 rings (SSSR count). The molecule has 0 spiro atoms. The van der Waals surface area contributed by atoms with Crippen LogP contribution in [0, 0.1) is 6.92 Å². The van der Waals surface area contributed by atoms with Crippen molar-refractivity contribution in [3.63, 3.8) is 0 Å². The molecule has 0 N–H and O–H groups in total. The van der Waals surface area contributed by atoms with E-state index in [0.717, 1.165) is 11.5 Å². The first-order chi connectivity index (χ1) is 4.70. The van der Waals surface area contributed by atoms with Gasteiger partial charge in [0.2, 0.25) is 0 Å². The fourth-order valence-corrected chi connectivity index (χ4v) is 0.716. The minimum absolute atomic E-state index is 0.811. The molecular weight excluding hydrogens is 124 g/mol. The Bertz CT molecular complexity index is 218. The Morgan fingerprint density at radius 3 is 2.50 bits per heavy atom. The number of hydrogen-bond acceptors (Lipinski definition) is 2. The van der Waals surface area contributed by atoms with Crippen molar-refractivity contribution in [3.8, 4) is 0 Å². The van der Waals surface area contributed by atoms with Gasteiger partial charge in [-0.15, -0.1) is 0 Å². The molecule has 0 atom stereocenters. The zero-order chi connectivity index (χ0) is 7.56. The van der Waals surface area contributed by atoms with Crippen LogP contribution in [0.15, 0.2) is 18.2 Å². The van der Waals surface area contributed by atoms with Crippen LogP contribution < -0.4 is 4.90 Å². The summed E-state index contributed by atoms with van der Waals surface area (Å²) in [7, 11) is 3.92. The smallest absolute Gasteiger partial charge is 0.128 e. The summed E-state index contributed by atoms with van der Waals surface area (Å²) < 4.78 is 0. The molecule has 10 heavy (non-hydrogen) atoms. The van der Waals surface area contributed by atoms with Crippen molar-refractivity contribution in [3.05, 3.63) is 30.8 Å². The lowest BCUT2D eigenvalue weighted by Gasteiger charge is -2.10. The van der Waals surface area contributed by atoms with Crippen molar-refractivity contribution < 1.29 is 0 Å². The summed E-state index contributed by atoms with van der Waals surface area (Å²) in [6.45, 7) is 3.73. The van der Waals surface area contributed by atoms with E-state index in [-0.39, 0.29) is 0 Å². The number of hydrogen-bond donors (Lipinski definition) is 0. The van der Waals surface area contributed by atoms with E-state index in [2.05, 4.69) is 11.9 Å². The minimum atomic E-state index is 0.811. The highest BCUT2D eigenvalue weighted by molar-refractivity contribution is 5.37. The molecule has 0 aliphatic heterocycles. The third-order valence-electron chi connectivity index (χ3n) is 1.25. The predicted octanol–water partition coefficient (Wildman–Crippen LogP) is 1.33. The minimum Gasteiger partial charge on any atom is -0.363 e. The lowest BCUT2D eigenvalue weighted by molar-refractivity contribution is 1.06. The Hall–Kier alpha value is -1.05. The van der Waals surface area contributed by atoms with Crippen LogP contribution in [-0.2, 0) is 0 Å². The SMILES string of the molecule is [CH2]c1cccc(N(C)C)n1. The van der Waals surface area contributed by atoms with E-state index >= 15 is 0 Å². The summed E-state index contributed by atoms with van der Waals surface area (Å²) in [5.41, 5.74) is 0.811. The molecule has 0 unspecified atom stereocenters. The van der Waals surface area contributed by atoms with Gasteiger partial charge < -0.3 is 4.90 Å². The molecular formula is C8H11N2. The van der Waals surface area contributed by atoms with Crippen LogP contribution in [-0.4, -0.2) is 19.1 Å². The third kappa shape index (κ3) is 1.47. The van der Waals surface area contributed by atoms with Crippen LogP contribution in [0.25, 0.3) is 0 Å². The Balaban J connectivity index is 2.96. The first-order valence-electron chi connectivity index (χ1n) is 3.16. The molecule has 53 valence electrons. The van der Waals surface area contributed by atoms with E-state index < -0.39 is 0 Å². The summed E-state index contributed by atoms with van der Waals surface area (Å²) in [6, 6.07) is 5.78. The second-order valence-corrected chi connectivity index (χ2v) is 2.38. The molecule has 0 saturated carbocycles. The van der Waals surface area contributed by atoms with Gasteiger partial charge in [0.15, 0.2) is 0 Å². The van der Waals surface area contributed by atoms with Crippen LogP contribution in [0.3, 0.4) is 0 Å². The summed E-state index contributed by atoms with van der Waals surface area (Å²) in [6.07, 6.45) is 0. The highest BCUT2D eigenvalue weighted by Crippen LogP contribution is 2.05. The van der Waals surface area contributed by atoms with E-state index in [0.29, 0.717) is 0 Å². The summed E-state index contributed by atoms with van der Waals surface area (Å²) >= 11 is 0. The van der Waals surface area contributed by atoms with Gasteiger partial charge in [-0.1, -0.05) is 6.07 Å². The number of rotatable bonds is 1. The summed E-state index contributed by atoms with van der Waals surface area (Å²) in [5, 5.41) is 0. The van der Waals surface area contributed by atoms with Gasteiger partial charge in [0.05, 0.1) is 0 Å². The topological polar surface area (TPSA) is 16.1 Å². The van der Waals surface area contributed by atoms with Gasteiger partial charge in [0.1, 0.15) is 5.82 Å². The summed E-state index contributed by atoms with van der Waals surface area (Å²) in [5.74, 6) is 0.951. The third-order valence-corrected chi connectivity index (χ3v) is 1.25. The molecule has 2 nitrogen and oxygen atoms in total. The van der Waals surface area contributed by atoms with Crippen LogP contribution >= 0.6 is 0 Å². The summed E-state index contributed by atoms with van der Waals surface area (Å²) in [4.78, 5) is 6.14. The fourth-order valence-electron chi connectivity index (χ4n) is 0.716. The van der Waals surface area contributed by atoms with Gasteiger partial charge in [-0.05, 0) is 19.1 Å². The Labute approximate surface area is 61.5 Å². The molecule has 0 fully saturated rings. The van der Waals surface area contributed by atoms with E-state index in [9.17, 15) is 0 Å². The van der Waals surface area contributed by atoms with Crippen molar-refractivity contribution in [1.29, 1.82) is 0 Å². The highest BCUT2D eigenvalue weighted by atomic mass is 15.1. The molecule has 0 aromatic carbocycles. The molecule has 2 heteroatoms. The van der Waals surface area contributed by atoms with E-state index in [1.807, 2.05) is 37.2 Å². The Morgan fingerprint density at radius 1 is 1.40 bits per heavy atom. The largest absolute Gasteiger partial charge is 0.363 e. The second-order valence-electron chi connectivity index (χ2n) is 2.38. The van der Waals surface area contributed by atoms with Crippen LogP contribution in [0.4, 0.5) is 5.82 Å². The van der Waals surface area contributed by atoms with Crippen molar-refractivity contribution in [2.75, 3.05) is 19.0 Å². The molecule has 0 aliphatic carbocycles. The molecule has 0 saturated heterocycles. The monoisotopic (exact) mass is 135 g/mol. The maximum absolute atomic E-state index is 4.19. The average molecular weight is 135 g/mol. The Kier molecular flexibility index (Phi) is 1.90. The van der Waals surface area contributed by atoms with E-state index in [1.165, 1.54) is 0 Å². The maximum atomic E-state index is 4.19. The normalized spacial score (nSPS) is 9.50. The molecule has 0 bridgehead atoms. The van der Waals surface area contributed by atoms with Crippen LogP contribution in [0.2, 0.25) is 0 Å². The fraction of sp³-hybridized carbons (Fsp3) is 0.250. The highest BCUT2D eigenvalue weighted by Gasteiger charge is 1.93. The molecule has 1 heterocycles. The van der Waals surface area contributed by atoms with E-state index in [4.69, 9.17) is 0 Å². The molecule has 1 aromatic heterocycles. The second kappa shape index (κ2) is 2.69. The molecule has 0 amide bonds. The first-order valence-corrected chi connectivity index (χ1v) is 3.16. The van der Waals surface area contributed by atoms with Gasteiger partial charge in [-0.3, -0.25) is 0 Å². The molecule has 0 aliphatic rings. The van der Waals surface area contributed by atoms with Gasteiger partial charge in [0, 0.05) is 19.8 Å². The van der Waals surface area contributed by atoms with Crippen molar-refractivity contribution in [2.45, 2.75) is 0 Å². The zero-order valence-electron chi connectivity index (χ0n) is 6.33. The molecule has 1 aromatic rings. The lowest BCUT2D eigenvalue weighted by Crippen LogP contribution is -2.10. The van der Waals surface area contributed by atoms with Gasteiger partial charge in [0.25, 0.3) is 0 Å². The quantitative estimate of drug-likeness (QED) is 0.577. The van der Waals surface area contributed by atoms with E-state index in [1.54, 1.807) is 0 Å². The van der Waals surface area contributed by atoms with Crippen LogP contribution in [0.5, 0.6) is 0 Å². The number of anilines is 1. The number of nitrogens with zero attached hydrogens (tertiary/aromatic N) is 2. The Morgan fingerprint density at radius 2 is 2.10 bits per heavy atom. The van der Waals surface area contributed by atoms with Gasteiger partial charge in [-0.2, -0.15) is 0 Å². The van der Waals surface area contributed by atoms with Crippen molar-refractivity contribution in [1.82, 2.24) is 4.98 Å². The standard InChI is InChI=1S/C8H11N2/c1-7-5-4-6-8(9-7)10(2)3/h4-6H,1H2,2-3H3. The van der Waals surface area contributed by atoms with Crippen molar-refractivity contribution >= 4 is 5.82 Å². The van der Waals surface area contributed by atoms with Crippen molar-refractivity contribution in [2.24, 2.45) is 0 Å². The number of aromatic nitrogens is 1.